The Hall–Kier alpha value is -1.04. The third-order valence-corrected chi connectivity index (χ3v) is 5.39. The SMILES string of the molecule is CS(=O)(=O)NS(=O)(=O)c1cc(C(F)(F)F)c(N)cc1Cl. The lowest BCUT2D eigenvalue weighted by atomic mass is 10.2. The summed E-state index contributed by atoms with van der Waals surface area (Å²) in [4.78, 5) is -1.04. The van der Waals surface area contributed by atoms with Gasteiger partial charge in [-0.05, 0) is 12.1 Å². The van der Waals surface area contributed by atoms with Crippen LogP contribution in [0.25, 0.3) is 0 Å². The number of hydrogen-bond acceptors (Lipinski definition) is 5. The van der Waals surface area contributed by atoms with Gasteiger partial charge in [0, 0.05) is 5.69 Å². The van der Waals surface area contributed by atoms with Crippen LogP contribution in [-0.2, 0) is 26.2 Å². The van der Waals surface area contributed by atoms with Crippen molar-refractivity contribution < 1.29 is 30.0 Å². The molecule has 20 heavy (non-hydrogen) atoms. The van der Waals surface area contributed by atoms with Gasteiger partial charge in [0.15, 0.2) is 0 Å². The third-order valence-electron chi connectivity index (χ3n) is 1.96. The number of rotatable bonds is 3. The highest BCUT2D eigenvalue weighted by atomic mass is 35.5. The maximum atomic E-state index is 12.6. The first-order valence-corrected chi connectivity index (χ1v) is 8.39. The summed E-state index contributed by atoms with van der Waals surface area (Å²) in [6.45, 7) is 0. The van der Waals surface area contributed by atoms with Gasteiger partial charge in [-0.3, -0.25) is 0 Å². The second kappa shape index (κ2) is 5.06. The number of halogens is 4. The van der Waals surface area contributed by atoms with Gasteiger partial charge in [-0.15, -0.1) is 4.13 Å². The lowest BCUT2D eigenvalue weighted by Crippen LogP contribution is -2.30. The summed E-state index contributed by atoms with van der Waals surface area (Å²) in [6, 6.07) is 0.756. The van der Waals surface area contributed by atoms with E-state index in [2.05, 4.69) is 0 Å². The number of anilines is 1. The van der Waals surface area contributed by atoms with Crippen molar-refractivity contribution in [2.45, 2.75) is 11.1 Å². The molecule has 0 amide bonds. The van der Waals surface area contributed by atoms with E-state index in [4.69, 9.17) is 17.3 Å². The molecule has 12 heteroatoms. The van der Waals surface area contributed by atoms with Crippen molar-refractivity contribution >= 4 is 37.3 Å². The summed E-state index contributed by atoms with van der Waals surface area (Å²) in [7, 11) is -8.99. The normalized spacial score (nSPS) is 13.4. The first-order chi connectivity index (χ1) is 8.74. The van der Waals surface area contributed by atoms with Gasteiger partial charge in [-0.1, -0.05) is 11.6 Å². The summed E-state index contributed by atoms with van der Waals surface area (Å²) in [5, 5.41) is -0.633. The smallest absolute Gasteiger partial charge is 0.398 e. The van der Waals surface area contributed by atoms with Gasteiger partial charge in [0.25, 0.3) is 10.0 Å². The standard InChI is InChI=1S/C8H8ClF3N2O4S2/c1-19(15,16)14-20(17,18)7-2-4(8(10,11)12)6(13)3-5(7)9/h2-3,14H,13H2,1H3. The van der Waals surface area contributed by atoms with E-state index in [0.29, 0.717) is 12.3 Å². The van der Waals surface area contributed by atoms with Crippen LogP contribution in [0.3, 0.4) is 0 Å². The van der Waals surface area contributed by atoms with Crippen LogP contribution in [0.4, 0.5) is 18.9 Å². The molecule has 0 spiro atoms. The molecule has 0 fully saturated rings. The Labute approximate surface area is 117 Å². The van der Waals surface area contributed by atoms with E-state index in [1.54, 1.807) is 0 Å². The Kier molecular flexibility index (Phi) is 4.30. The van der Waals surface area contributed by atoms with E-state index in [0.717, 1.165) is 0 Å². The summed E-state index contributed by atoms with van der Waals surface area (Å²) >= 11 is 5.50. The van der Waals surface area contributed by atoms with Crippen LogP contribution in [0.1, 0.15) is 5.56 Å². The number of nitrogen functional groups attached to an aromatic ring is 1. The lowest BCUT2D eigenvalue weighted by Gasteiger charge is -2.13. The topological polar surface area (TPSA) is 106 Å². The minimum atomic E-state index is -4.91. The number of sulfonamides is 2. The third kappa shape index (κ3) is 3.98. The Bertz CT molecular complexity index is 744. The van der Waals surface area contributed by atoms with Crippen molar-refractivity contribution in [2.75, 3.05) is 12.0 Å². The molecule has 6 nitrogen and oxygen atoms in total. The number of nitrogens with one attached hydrogen (secondary N) is 1. The highest BCUT2D eigenvalue weighted by Crippen LogP contribution is 2.37. The van der Waals surface area contributed by atoms with Gasteiger partial charge in [0.2, 0.25) is 10.0 Å². The maximum Gasteiger partial charge on any atom is 0.418 e. The minimum absolute atomic E-state index is 0.172. The van der Waals surface area contributed by atoms with Crippen molar-refractivity contribution in [2.24, 2.45) is 0 Å². The number of benzene rings is 1. The van der Waals surface area contributed by atoms with Crippen molar-refractivity contribution in [1.29, 1.82) is 0 Å². The van der Waals surface area contributed by atoms with Crippen LogP contribution in [0.5, 0.6) is 0 Å². The van der Waals surface area contributed by atoms with Crippen LogP contribution in [0, 0.1) is 0 Å². The Morgan fingerprint density at radius 2 is 1.70 bits per heavy atom. The van der Waals surface area contributed by atoms with Crippen LogP contribution in [-0.4, -0.2) is 23.1 Å². The highest BCUT2D eigenvalue weighted by molar-refractivity contribution is 8.04. The van der Waals surface area contributed by atoms with Gasteiger partial charge < -0.3 is 5.73 Å². The molecule has 114 valence electrons. The molecule has 3 N–H and O–H groups in total. The molecular weight excluding hydrogens is 345 g/mol. The molecule has 0 radical (unpaired) electrons. The molecule has 0 aliphatic rings. The molecule has 0 aliphatic heterocycles. The molecule has 0 heterocycles. The number of alkyl halides is 3. The average Bonchev–Trinajstić information content (AvgIpc) is 2.09. The minimum Gasteiger partial charge on any atom is -0.398 e. The molecule has 0 saturated carbocycles. The van der Waals surface area contributed by atoms with Crippen molar-refractivity contribution in [3.8, 4) is 0 Å². The van der Waals surface area contributed by atoms with E-state index in [1.165, 1.54) is 4.13 Å². The lowest BCUT2D eigenvalue weighted by molar-refractivity contribution is -0.137. The van der Waals surface area contributed by atoms with Crippen LogP contribution in [0.2, 0.25) is 5.02 Å². The van der Waals surface area contributed by atoms with E-state index in [1.807, 2.05) is 0 Å². The second-order valence-electron chi connectivity index (χ2n) is 3.73. The zero-order valence-corrected chi connectivity index (χ0v) is 12.1. The van der Waals surface area contributed by atoms with Gasteiger partial charge in [-0.2, -0.15) is 13.2 Å². The van der Waals surface area contributed by atoms with E-state index >= 15 is 0 Å². The zero-order chi connectivity index (χ0) is 15.9. The summed E-state index contributed by atoms with van der Waals surface area (Å²) < 4.78 is 84.2. The van der Waals surface area contributed by atoms with E-state index in [9.17, 15) is 30.0 Å². The molecule has 1 aromatic rings. The fourth-order valence-electron chi connectivity index (χ4n) is 1.26. The average molecular weight is 353 g/mol. The molecule has 0 bridgehead atoms. The van der Waals surface area contributed by atoms with Gasteiger partial charge in [0.05, 0.1) is 16.8 Å². The molecule has 0 saturated heterocycles. The number of hydrogen-bond donors (Lipinski definition) is 2. The quantitative estimate of drug-likeness (QED) is 0.794. The molecule has 0 unspecified atom stereocenters. The fourth-order valence-corrected chi connectivity index (χ4v) is 4.28. The highest BCUT2D eigenvalue weighted by Gasteiger charge is 2.35. The molecule has 0 aromatic heterocycles. The molecule has 1 aromatic carbocycles. The summed E-state index contributed by atoms with van der Waals surface area (Å²) in [6.07, 6.45) is -4.38. The van der Waals surface area contributed by atoms with Crippen LogP contribution < -0.4 is 9.86 Å². The zero-order valence-electron chi connectivity index (χ0n) is 9.69. The first-order valence-electron chi connectivity index (χ1n) is 4.64. The van der Waals surface area contributed by atoms with E-state index in [-0.39, 0.29) is 6.07 Å². The Morgan fingerprint density at radius 1 is 1.20 bits per heavy atom. The second-order valence-corrected chi connectivity index (χ2v) is 7.79. The maximum absolute atomic E-state index is 12.6. The predicted octanol–water partition coefficient (Wildman–Crippen LogP) is 1.18. The van der Waals surface area contributed by atoms with Crippen LogP contribution >= 0.6 is 11.6 Å². The van der Waals surface area contributed by atoms with Crippen molar-refractivity contribution in [3.63, 3.8) is 0 Å². The van der Waals surface area contributed by atoms with Crippen molar-refractivity contribution in [1.82, 2.24) is 4.13 Å². The predicted molar refractivity (Wildman–Crippen MR) is 66.0 cm³/mol. The van der Waals surface area contributed by atoms with Gasteiger partial charge in [-0.25, -0.2) is 16.8 Å². The molecular formula is C8H8ClF3N2O4S2. The Morgan fingerprint density at radius 3 is 2.10 bits per heavy atom. The summed E-state index contributed by atoms with van der Waals surface area (Å²) in [5.41, 5.74) is 2.90. The molecule has 0 aliphatic carbocycles. The monoisotopic (exact) mass is 352 g/mol. The fraction of sp³-hybridized carbons (Fsp3) is 0.250. The summed E-state index contributed by atoms with van der Waals surface area (Å²) in [5.74, 6) is 0. The largest absolute Gasteiger partial charge is 0.418 e. The van der Waals surface area contributed by atoms with Gasteiger partial charge in [0.1, 0.15) is 4.90 Å². The van der Waals surface area contributed by atoms with Crippen LogP contribution in [0.15, 0.2) is 17.0 Å². The number of nitrogens with two attached hydrogens (primary N) is 1. The van der Waals surface area contributed by atoms with Crippen molar-refractivity contribution in [3.05, 3.63) is 22.7 Å². The Balaban J connectivity index is 3.55. The first kappa shape index (κ1) is 17.0. The van der Waals surface area contributed by atoms with E-state index < -0.39 is 47.4 Å². The molecule has 1 rings (SSSR count). The van der Waals surface area contributed by atoms with Gasteiger partial charge >= 0.3 is 6.18 Å². The molecule has 0 atom stereocenters.